The van der Waals surface area contributed by atoms with Crippen molar-refractivity contribution >= 4 is 34.6 Å². The molecule has 0 unspecified atom stereocenters. The van der Waals surface area contributed by atoms with Gasteiger partial charge in [-0.15, -0.1) is 0 Å². The van der Waals surface area contributed by atoms with Gasteiger partial charge < -0.3 is 21.1 Å². The Hall–Kier alpha value is -2.40. The Labute approximate surface area is 128 Å². The monoisotopic (exact) mass is 305 g/mol. The summed E-state index contributed by atoms with van der Waals surface area (Å²) >= 11 is 5.99. The van der Waals surface area contributed by atoms with Crippen molar-refractivity contribution in [1.29, 1.82) is 0 Å². The molecule has 4 N–H and O–H groups in total. The summed E-state index contributed by atoms with van der Waals surface area (Å²) < 4.78 is 5.17. The second kappa shape index (κ2) is 6.37. The van der Waals surface area contributed by atoms with E-state index in [0.717, 1.165) is 5.69 Å². The van der Waals surface area contributed by atoms with E-state index in [4.69, 9.17) is 22.1 Å². The lowest BCUT2D eigenvalue weighted by atomic mass is 10.1. The van der Waals surface area contributed by atoms with Gasteiger partial charge in [0.15, 0.2) is 0 Å². The topological polar surface area (TPSA) is 76.4 Å². The maximum atomic E-state index is 11.9. The Morgan fingerprint density at radius 1 is 1.24 bits per heavy atom. The van der Waals surface area contributed by atoms with Crippen molar-refractivity contribution in [3.63, 3.8) is 0 Å². The van der Waals surface area contributed by atoms with Crippen molar-refractivity contribution in [2.24, 2.45) is 0 Å². The number of halogens is 1. The highest BCUT2D eigenvalue weighted by molar-refractivity contribution is 6.32. The molecule has 5 nitrogen and oxygen atoms in total. The number of benzene rings is 2. The minimum absolute atomic E-state index is 0.196. The minimum atomic E-state index is -0.196. The van der Waals surface area contributed by atoms with Crippen LogP contribution in [0.15, 0.2) is 36.4 Å². The van der Waals surface area contributed by atoms with Crippen LogP contribution in [0.5, 0.6) is 5.75 Å². The highest BCUT2D eigenvalue weighted by Gasteiger charge is 2.11. The molecule has 0 saturated heterocycles. The molecule has 0 aliphatic heterocycles. The van der Waals surface area contributed by atoms with Crippen LogP contribution in [-0.2, 0) is 0 Å². The molecule has 6 heteroatoms. The number of anilines is 3. The predicted octanol–water partition coefficient (Wildman–Crippen LogP) is 3.03. The van der Waals surface area contributed by atoms with Crippen LogP contribution < -0.4 is 21.1 Å². The molecule has 0 aromatic heterocycles. The van der Waals surface area contributed by atoms with Gasteiger partial charge in [-0.05, 0) is 30.3 Å². The van der Waals surface area contributed by atoms with Gasteiger partial charge in [0.1, 0.15) is 5.75 Å². The lowest BCUT2D eigenvalue weighted by Gasteiger charge is -2.13. The van der Waals surface area contributed by atoms with Crippen LogP contribution in [0.3, 0.4) is 0 Å². The first kappa shape index (κ1) is 15.0. The summed E-state index contributed by atoms with van der Waals surface area (Å²) in [5.41, 5.74) is 8.20. The van der Waals surface area contributed by atoms with E-state index in [1.807, 2.05) is 0 Å². The maximum Gasteiger partial charge on any atom is 0.253 e. The fourth-order valence-electron chi connectivity index (χ4n) is 1.89. The van der Waals surface area contributed by atoms with E-state index in [-0.39, 0.29) is 5.91 Å². The summed E-state index contributed by atoms with van der Waals surface area (Å²) in [6.45, 7) is 0. The Bertz CT molecular complexity index is 674. The van der Waals surface area contributed by atoms with Crippen LogP contribution in [0, 0.1) is 0 Å². The van der Waals surface area contributed by atoms with Crippen LogP contribution >= 0.6 is 11.6 Å². The van der Waals surface area contributed by atoms with Crippen molar-refractivity contribution < 1.29 is 9.53 Å². The van der Waals surface area contributed by atoms with E-state index in [9.17, 15) is 4.79 Å². The van der Waals surface area contributed by atoms with Crippen LogP contribution in [-0.4, -0.2) is 20.1 Å². The number of rotatable bonds is 4. The van der Waals surface area contributed by atoms with E-state index in [1.165, 1.54) is 0 Å². The molecule has 110 valence electrons. The molecule has 0 spiro atoms. The molecule has 0 heterocycles. The molecule has 0 saturated carbocycles. The second-order valence-corrected chi connectivity index (χ2v) is 4.77. The van der Waals surface area contributed by atoms with Gasteiger partial charge in [-0.3, -0.25) is 4.79 Å². The molecule has 0 radical (unpaired) electrons. The van der Waals surface area contributed by atoms with Crippen LogP contribution in [0.4, 0.5) is 17.1 Å². The number of amides is 1. The van der Waals surface area contributed by atoms with Gasteiger partial charge in [-0.1, -0.05) is 11.6 Å². The van der Waals surface area contributed by atoms with E-state index >= 15 is 0 Å². The fraction of sp³-hybridized carbons (Fsp3) is 0.133. The number of hydrogen-bond donors (Lipinski definition) is 3. The van der Waals surface area contributed by atoms with E-state index in [2.05, 4.69) is 10.6 Å². The number of carbonyl (C=O) groups is 1. The summed E-state index contributed by atoms with van der Waals surface area (Å²) in [6, 6.07) is 10.3. The third kappa shape index (κ3) is 3.38. The molecule has 0 atom stereocenters. The first-order valence-corrected chi connectivity index (χ1v) is 6.65. The average molecular weight is 306 g/mol. The quantitative estimate of drug-likeness (QED) is 0.759. The predicted molar refractivity (Wildman–Crippen MR) is 85.5 cm³/mol. The molecule has 1 amide bonds. The molecule has 0 aliphatic rings. The molecule has 0 bridgehead atoms. The van der Waals surface area contributed by atoms with E-state index < -0.39 is 0 Å². The lowest BCUT2D eigenvalue weighted by molar-refractivity contribution is 0.0964. The Morgan fingerprint density at radius 3 is 2.67 bits per heavy atom. The lowest BCUT2D eigenvalue weighted by Crippen LogP contribution is -2.19. The SMILES string of the molecule is CNC(=O)c1ccc(N)cc1Nc1ccc(Cl)c(OC)c1. The molecule has 2 rings (SSSR count). The summed E-state index contributed by atoms with van der Waals surface area (Å²) in [5, 5.41) is 6.26. The fourth-order valence-corrected chi connectivity index (χ4v) is 2.09. The van der Waals surface area contributed by atoms with Crippen molar-refractivity contribution in [3.05, 3.63) is 47.0 Å². The zero-order valence-corrected chi connectivity index (χ0v) is 12.5. The maximum absolute atomic E-state index is 11.9. The zero-order chi connectivity index (χ0) is 15.4. The van der Waals surface area contributed by atoms with Crippen molar-refractivity contribution in [2.75, 3.05) is 25.2 Å². The molecular formula is C15H16ClN3O2. The van der Waals surface area contributed by atoms with E-state index in [0.29, 0.717) is 27.7 Å². The summed E-state index contributed by atoms with van der Waals surface area (Å²) in [7, 11) is 3.12. The molecular weight excluding hydrogens is 290 g/mol. The molecule has 2 aromatic carbocycles. The number of hydrogen-bond acceptors (Lipinski definition) is 4. The van der Waals surface area contributed by atoms with Gasteiger partial charge in [-0.25, -0.2) is 0 Å². The summed E-state index contributed by atoms with van der Waals surface area (Å²) in [5.74, 6) is 0.352. The molecule has 2 aromatic rings. The van der Waals surface area contributed by atoms with Crippen LogP contribution in [0.25, 0.3) is 0 Å². The highest BCUT2D eigenvalue weighted by Crippen LogP contribution is 2.30. The van der Waals surface area contributed by atoms with Gasteiger partial charge in [0.2, 0.25) is 0 Å². The average Bonchev–Trinajstić information content (AvgIpc) is 2.48. The first-order chi connectivity index (χ1) is 10.0. The Balaban J connectivity index is 2.38. The van der Waals surface area contributed by atoms with Crippen LogP contribution in [0.1, 0.15) is 10.4 Å². The summed E-state index contributed by atoms with van der Waals surface area (Å²) in [6.07, 6.45) is 0. The van der Waals surface area contributed by atoms with Gasteiger partial charge >= 0.3 is 0 Å². The van der Waals surface area contributed by atoms with Gasteiger partial charge in [-0.2, -0.15) is 0 Å². The third-order valence-electron chi connectivity index (χ3n) is 2.95. The molecule has 0 fully saturated rings. The second-order valence-electron chi connectivity index (χ2n) is 4.36. The van der Waals surface area contributed by atoms with Gasteiger partial charge in [0.05, 0.1) is 23.4 Å². The van der Waals surface area contributed by atoms with Crippen molar-refractivity contribution in [3.8, 4) is 5.75 Å². The standard InChI is InChI=1S/C15H16ClN3O2/c1-18-15(20)11-5-3-9(17)7-13(11)19-10-4-6-12(16)14(8-10)21-2/h3-8,19H,17H2,1-2H3,(H,18,20). The summed E-state index contributed by atoms with van der Waals surface area (Å²) in [4.78, 5) is 11.9. The molecule has 0 aliphatic carbocycles. The van der Waals surface area contributed by atoms with Crippen molar-refractivity contribution in [1.82, 2.24) is 5.32 Å². The largest absolute Gasteiger partial charge is 0.495 e. The number of ether oxygens (including phenoxy) is 1. The number of carbonyl (C=O) groups excluding carboxylic acids is 1. The van der Waals surface area contributed by atoms with Gasteiger partial charge in [0.25, 0.3) is 5.91 Å². The van der Waals surface area contributed by atoms with Crippen molar-refractivity contribution in [2.45, 2.75) is 0 Å². The van der Waals surface area contributed by atoms with E-state index in [1.54, 1.807) is 50.6 Å². The Kier molecular flexibility index (Phi) is 4.55. The normalized spacial score (nSPS) is 10.0. The molecule has 21 heavy (non-hydrogen) atoms. The number of methoxy groups -OCH3 is 1. The van der Waals surface area contributed by atoms with Crippen LogP contribution in [0.2, 0.25) is 5.02 Å². The minimum Gasteiger partial charge on any atom is -0.495 e. The third-order valence-corrected chi connectivity index (χ3v) is 3.26. The number of nitrogens with two attached hydrogens (primary N) is 1. The number of nitrogen functional groups attached to an aromatic ring is 1. The smallest absolute Gasteiger partial charge is 0.253 e. The van der Waals surface area contributed by atoms with Gasteiger partial charge in [0, 0.05) is 24.5 Å². The number of nitrogens with one attached hydrogen (secondary N) is 2. The Morgan fingerprint density at radius 2 is 2.00 bits per heavy atom. The zero-order valence-electron chi connectivity index (χ0n) is 11.7. The first-order valence-electron chi connectivity index (χ1n) is 6.27. The highest BCUT2D eigenvalue weighted by atomic mass is 35.5.